The van der Waals surface area contributed by atoms with Gasteiger partial charge in [0.05, 0.1) is 19.1 Å². The van der Waals surface area contributed by atoms with E-state index in [1.165, 1.54) is 16.2 Å². The summed E-state index contributed by atoms with van der Waals surface area (Å²) in [5.41, 5.74) is -1.28. The molecule has 3 N–H and O–H groups in total. The van der Waals surface area contributed by atoms with Gasteiger partial charge in [0.25, 0.3) is 5.91 Å². The fraction of sp³-hybridized carbons (Fsp3) is 0.667. The molecule has 1 aromatic rings. The summed E-state index contributed by atoms with van der Waals surface area (Å²) in [5, 5.41) is 8.46. The van der Waals surface area contributed by atoms with Gasteiger partial charge in [0.2, 0.25) is 23.5 Å². The number of nitrogens with one attached hydrogen (secondary N) is 3. The molecule has 4 atom stereocenters. The monoisotopic (exact) mass is 665 g/mol. The molecule has 4 aliphatic rings. The highest BCUT2D eigenvalue weighted by Gasteiger charge is 2.58. The number of anilines is 1. The third-order valence-electron chi connectivity index (χ3n) is 9.99. The molecule has 0 bridgehead atoms. The molecule has 2 saturated heterocycles. The molecular weight excluding hydrogens is 614 g/mol. The Hall–Kier alpha value is -3.96. The maximum atomic E-state index is 14.5. The maximum absolute atomic E-state index is 14.5. The lowest BCUT2D eigenvalue weighted by Gasteiger charge is -2.36. The average Bonchev–Trinajstić information content (AvgIpc) is 3.70. The van der Waals surface area contributed by atoms with Crippen molar-refractivity contribution in [1.29, 1.82) is 0 Å². The molecule has 2 saturated carbocycles. The number of benzene rings is 1. The van der Waals surface area contributed by atoms with Crippen LogP contribution in [0.3, 0.4) is 0 Å². The molecule has 0 radical (unpaired) electrons. The molecule has 2 heterocycles. The Morgan fingerprint density at radius 2 is 1.65 bits per heavy atom. The van der Waals surface area contributed by atoms with Crippen molar-refractivity contribution in [3.63, 3.8) is 0 Å². The summed E-state index contributed by atoms with van der Waals surface area (Å²) in [6.45, 7) is 7.47. The van der Waals surface area contributed by atoms with E-state index in [4.69, 9.17) is 4.74 Å². The molecule has 262 valence electrons. The molecule has 5 rings (SSSR count). The van der Waals surface area contributed by atoms with Crippen LogP contribution >= 0.6 is 0 Å². The van der Waals surface area contributed by atoms with E-state index in [9.17, 15) is 28.8 Å². The van der Waals surface area contributed by atoms with Crippen LogP contribution in [0.15, 0.2) is 30.3 Å². The maximum Gasteiger partial charge on any atom is 0.415 e. The minimum absolute atomic E-state index is 0.00611. The van der Waals surface area contributed by atoms with Crippen LogP contribution in [0.1, 0.15) is 98.3 Å². The molecule has 12 nitrogen and oxygen atoms in total. The van der Waals surface area contributed by atoms with Gasteiger partial charge in [0, 0.05) is 24.6 Å². The standard InChI is InChI=1S/C36H51N5O7/c1-5-12-26(29(43)32(45)37-24-17-18-24)38-31(44)27-20-36(21-40(34(47)48-36)25-15-10-7-11-16-25)22-41(27)33(46)30(35(2,3)4)39-28(42)19-23-13-8-6-9-14-23/h7,10-11,15-16,23-24,26-27,30H,5-6,8-9,12-14,17-22H2,1-4H3,(H,37,45)(H,38,44)(H,39,42)/t26-,27+,30-,36+/m1/s1. The Morgan fingerprint density at radius 3 is 2.27 bits per heavy atom. The lowest BCUT2D eigenvalue weighted by atomic mass is 9.84. The molecule has 4 fully saturated rings. The minimum Gasteiger partial charge on any atom is -0.439 e. The van der Waals surface area contributed by atoms with E-state index < -0.39 is 58.7 Å². The summed E-state index contributed by atoms with van der Waals surface area (Å²) in [6, 6.07) is 5.86. The summed E-state index contributed by atoms with van der Waals surface area (Å²) in [4.78, 5) is 83.8. The van der Waals surface area contributed by atoms with Gasteiger partial charge < -0.3 is 25.6 Å². The van der Waals surface area contributed by atoms with Gasteiger partial charge in [0.15, 0.2) is 5.60 Å². The number of para-hydroxylation sites is 1. The first-order chi connectivity index (χ1) is 22.8. The number of carbonyl (C=O) groups is 6. The highest BCUT2D eigenvalue weighted by atomic mass is 16.6. The van der Waals surface area contributed by atoms with Crippen molar-refractivity contribution >= 4 is 41.2 Å². The van der Waals surface area contributed by atoms with Gasteiger partial charge in [-0.3, -0.25) is 28.9 Å². The number of ether oxygens (including phenoxy) is 1. The first-order valence-electron chi connectivity index (χ1n) is 17.6. The first kappa shape index (κ1) is 35.3. The molecule has 2 aliphatic heterocycles. The quantitative estimate of drug-likeness (QED) is 0.288. The SMILES string of the molecule is CCC[C@@H](NC(=O)[C@@H]1C[C@]2(CN(c3ccccc3)C(=O)O2)CN1C(=O)[C@@H](NC(=O)CC1CCCCC1)C(C)(C)C)C(=O)C(=O)NC1CC1. The lowest BCUT2D eigenvalue weighted by Crippen LogP contribution is -2.59. The van der Waals surface area contributed by atoms with Crippen molar-refractivity contribution < 1.29 is 33.5 Å². The number of rotatable bonds is 12. The smallest absolute Gasteiger partial charge is 0.415 e. The second-order valence-electron chi connectivity index (χ2n) is 15.2. The van der Waals surface area contributed by atoms with E-state index >= 15 is 0 Å². The average molecular weight is 666 g/mol. The van der Waals surface area contributed by atoms with E-state index in [0.29, 0.717) is 18.5 Å². The van der Waals surface area contributed by atoms with E-state index in [-0.39, 0.29) is 43.8 Å². The van der Waals surface area contributed by atoms with Crippen molar-refractivity contribution in [2.45, 2.75) is 128 Å². The van der Waals surface area contributed by atoms with Crippen molar-refractivity contribution in [2.75, 3.05) is 18.0 Å². The molecule has 2 aliphatic carbocycles. The summed E-state index contributed by atoms with van der Waals surface area (Å²) in [7, 11) is 0. The number of likely N-dealkylation sites (tertiary alicyclic amines) is 1. The van der Waals surface area contributed by atoms with Crippen LogP contribution in [0.5, 0.6) is 0 Å². The zero-order valence-electron chi connectivity index (χ0n) is 28.7. The van der Waals surface area contributed by atoms with Crippen LogP contribution in [0, 0.1) is 11.3 Å². The molecule has 0 unspecified atom stereocenters. The van der Waals surface area contributed by atoms with E-state index in [1.807, 2.05) is 45.9 Å². The van der Waals surface area contributed by atoms with Crippen LogP contribution in [-0.2, 0) is 28.7 Å². The van der Waals surface area contributed by atoms with Crippen LogP contribution in [0.2, 0.25) is 0 Å². The third kappa shape index (κ3) is 8.36. The Balaban J connectivity index is 1.40. The van der Waals surface area contributed by atoms with Crippen molar-refractivity contribution in [1.82, 2.24) is 20.9 Å². The Labute approximate surface area is 283 Å². The van der Waals surface area contributed by atoms with E-state index in [1.54, 1.807) is 12.1 Å². The van der Waals surface area contributed by atoms with E-state index in [2.05, 4.69) is 16.0 Å². The van der Waals surface area contributed by atoms with Gasteiger partial charge in [-0.1, -0.05) is 71.6 Å². The molecule has 0 aromatic heterocycles. The molecule has 1 spiro atoms. The molecule has 5 amide bonds. The normalized spacial score (nSPS) is 24.2. The van der Waals surface area contributed by atoms with Crippen LogP contribution in [-0.4, -0.2) is 83.3 Å². The predicted octanol–water partition coefficient (Wildman–Crippen LogP) is 3.62. The van der Waals surface area contributed by atoms with Crippen molar-refractivity contribution in [2.24, 2.45) is 11.3 Å². The number of Topliss-reactive ketones (excluding diaryl/α,β-unsaturated/α-hetero) is 1. The second-order valence-corrected chi connectivity index (χ2v) is 15.2. The number of hydrogen-bond acceptors (Lipinski definition) is 7. The van der Waals surface area contributed by atoms with Crippen molar-refractivity contribution in [3.8, 4) is 0 Å². The van der Waals surface area contributed by atoms with Gasteiger partial charge in [0.1, 0.15) is 12.1 Å². The minimum atomic E-state index is -1.20. The van der Waals surface area contributed by atoms with Gasteiger partial charge in [-0.15, -0.1) is 0 Å². The largest absolute Gasteiger partial charge is 0.439 e. The van der Waals surface area contributed by atoms with Crippen LogP contribution in [0.25, 0.3) is 0 Å². The van der Waals surface area contributed by atoms with Gasteiger partial charge >= 0.3 is 6.09 Å². The molecule has 48 heavy (non-hydrogen) atoms. The predicted molar refractivity (Wildman–Crippen MR) is 179 cm³/mol. The molecule has 1 aromatic carbocycles. The number of hydrogen-bond donors (Lipinski definition) is 3. The Kier molecular flexibility index (Phi) is 10.8. The second kappa shape index (κ2) is 14.7. The summed E-state index contributed by atoms with van der Waals surface area (Å²) in [5.74, 6) is -2.47. The first-order valence-corrected chi connectivity index (χ1v) is 17.6. The Morgan fingerprint density at radius 1 is 0.958 bits per heavy atom. The number of nitrogens with zero attached hydrogens (tertiary/aromatic N) is 2. The third-order valence-corrected chi connectivity index (χ3v) is 9.99. The van der Waals surface area contributed by atoms with Crippen LogP contribution < -0.4 is 20.9 Å². The fourth-order valence-electron chi connectivity index (χ4n) is 7.19. The van der Waals surface area contributed by atoms with Gasteiger partial charge in [-0.25, -0.2) is 4.79 Å². The molecular formula is C36H51N5O7. The lowest BCUT2D eigenvalue weighted by molar-refractivity contribution is -0.145. The summed E-state index contributed by atoms with van der Waals surface area (Å²) in [6.07, 6.45) is 7.48. The molecule has 12 heteroatoms. The number of amides is 5. The van der Waals surface area contributed by atoms with Crippen molar-refractivity contribution in [3.05, 3.63) is 30.3 Å². The highest BCUT2D eigenvalue weighted by Crippen LogP contribution is 2.39. The highest BCUT2D eigenvalue weighted by molar-refractivity contribution is 6.38. The topological polar surface area (TPSA) is 154 Å². The number of ketones is 1. The summed E-state index contributed by atoms with van der Waals surface area (Å²) < 4.78 is 5.97. The zero-order valence-corrected chi connectivity index (χ0v) is 28.7. The Bertz CT molecular complexity index is 1380. The van der Waals surface area contributed by atoms with Gasteiger partial charge in [-0.2, -0.15) is 0 Å². The number of carbonyl (C=O) groups excluding carboxylic acids is 6. The van der Waals surface area contributed by atoms with Crippen LogP contribution in [0.4, 0.5) is 10.5 Å². The zero-order chi connectivity index (χ0) is 34.6. The summed E-state index contributed by atoms with van der Waals surface area (Å²) >= 11 is 0. The van der Waals surface area contributed by atoms with Gasteiger partial charge in [-0.05, 0) is 55.6 Å². The fourth-order valence-corrected chi connectivity index (χ4v) is 7.19. The van der Waals surface area contributed by atoms with E-state index in [0.717, 1.165) is 38.5 Å².